The number of fused-ring (bicyclic) bond motifs is 1. The number of nitrogens with zero attached hydrogens (tertiary/aromatic N) is 3. The highest BCUT2D eigenvalue weighted by Crippen LogP contribution is 2.40. The maximum atomic E-state index is 13.6. The fourth-order valence-corrected chi connectivity index (χ4v) is 5.03. The molecule has 2 heterocycles. The van der Waals surface area contributed by atoms with Gasteiger partial charge in [0, 0.05) is 12.6 Å². The molecule has 3 aromatic rings. The van der Waals surface area contributed by atoms with E-state index in [1.807, 2.05) is 24.3 Å². The zero-order valence-corrected chi connectivity index (χ0v) is 18.2. The summed E-state index contributed by atoms with van der Waals surface area (Å²) >= 11 is 1.56. The van der Waals surface area contributed by atoms with Crippen LogP contribution in [0.2, 0.25) is 0 Å². The summed E-state index contributed by atoms with van der Waals surface area (Å²) in [6.45, 7) is 2.67. The molecule has 0 N–H and O–H groups in total. The van der Waals surface area contributed by atoms with Crippen molar-refractivity contribution in [3.63, 3.8) is 0 Å². The Morgan fingerprint density at radius 1 is 1.29 bits per heavy atom. The van der Waals surface area contributed by atoms with Crippen LogP contribution in [0.1, 0.15) is 47.6 Å². The summed E-state index contributed by atoms with van der Waals surface area (Å²) in [5.74, 6) is 0.151. The van der Waals surface area contributed by atoms with Gasteiger partial charge in [-0.1, -0.05) is 12.1 Å². The number of methoxy groups -OCH3 is 1. The molecule has 4 rings (SSSR count). The summed E-state index contributed by atoms with van der Waals surface area (Å²) in [4.78, 5) is 31.2. The predicted molar refractivity (Wildman–Crippen MR) is 118 cm³/mol. The SMILES string of the molecule is CCOc1cc(C(=O)N2CCCCC2c2nc3ccccc3s2)c([N+](=O)[O-])cc1OC. The Morgan fingerprint density at radius 2 is 2.10 bits per heavy atom. The third-order valence-corrected chi connectivity index (χ3v) is 6.51. The van der Waals surface area contributed by atoms with Crippen molar-refractivity contribution in [2.75, 3.05) is 20.3 Å². The lowest BCUT2D eigenvalue weighted by Gasteiger charge is -2.34. The van der Waals surface area contributed by atoms with E-state index in [4.69, 9.17) is 14.5 Å². The van der Waals surface area contributed by atoms with Crippen LogP contribution in [-0.4, -0.2) is 41.0 Å². The average Bonchev–Trinajstić information content (AvgIpc) is 3.22. The highest BCUT2D eigenvalue weighted by atomic mass is 32.1. The Labute approximate surface area is 183 Å². The van der Waals surface area contributed by atoms with Gasteiger partial charge in [0.2, 0.25) is 0 Å². The number of piperidine rings is 1. The van der Waals surface area contributed by atoms with Gasteiger partial charge in [-0.15, -0.1) is 11.3 Å². The smallest absolute Gasteiger partial charge is 0.286 e. The van der Waals surface area contributed by atoms with Crippen LogP contribution in [0.5, 0.6) is 11.5 Å². The van der Waals surface area contributed by atoms with Crippen LogP contribution < -0.4 is 9.47 Å². The van der Waals surface area contributed by atoms with Crippen molar-refractivity contribution in [2.24, 2.45) is 0 Å². The molecule has 9 heteroatoms. The largest absolute Gasteiger partial charge is 0.493 e. The van der Waals surface area contributed by atoms with E-state index in [1.165, 1.54) is 19.2 Å². The maximum Gasteiger partial charge on any atom is 0.286 e. The van der Waals surface area contributed by atoms with Gasteiger partial charge in [0.1, 0.15) is 10.6 Å². The van der Waals surface area contributed by atoms with E-state index < -0.39 is 4.92 Å². The molecule has 1 saturated heterocycles. The molecular formula is C22H23N3O5S. The van der Waals surface area contributed by atoms with E-state index in [0.29, 0.717) is 18.9 Å². The summed E-state index contributed by atoms with van der Waals surface area (Å²) in [6.07, 6.45) is 2.59. The minimum Gasteiger partial charge on any atom is -0.493 e. The van der Waals surface area contributed by atoms with E-state index in [0.717, 1.165) is 34.5 Å². The van der Waals surface area contributed by atoms with Gasteiger partial charge in [-0.2, -0.15) is 0 Å². The van der Waals surface area contributed by atoms with Crippen LogP contribution in [0.3, 0.4) is 0 Å². The molecule has 1 aromatic heterocycles. The molecule has 31 heavy (non-hydrogen) atoms. The number of carbonyl (C=O) groups is 1. The number of hydrogen-bond acceptors (Lipinski definition) is 7. The number of ether oxygens (including phenoxy) is 2. The second-order valence-electron chi connectivity index (χ2n) is 7.24. The van der Waals surface area contributed by atoms with Gasteiger partial charge < -0.3 is 14.4 Å². The van der Waals surface area contributed by atoms with Gasteiger partial charge in [-0.25, -0.2) is 4.98 Å². The first kappa shape index (κ1) is 21.0. The van der Waals surface area contributed by atoms with Gasteiger partial charge >= 0.3 is 0 Å². The maximum absolute atomic E-state index is 13.6. The molecule has 2 aromatic carbocycles. The number of likely N-dealkylation sites (tertiary alicyclic amines) is 1. The van der Waals surface area contributed by atoms with Gasteiger partial charge in [0.15, 0.2) is 11.5 Å². The van der Waals surface area contributed by atoms with Crippen molar-refractivity contribution >= 4 is 33.1 Å². The summed E-state index contributed by atoms with van der Waals surface area (Å²) in [5.41, 5.74) is 0.607. The topological polar surface area (TPSA) is 94.8 Å². The fraction of sp³-hybridized carbons (Fsp3) is 0.364. The van der Waals surface area contributed by atoms with Gasteiger partial charge in [0.25, 0.3) is 11.6 Å². The van der Waals surface area contributed by atoms with Crippen LogP contribution >= 0.6 is 11.3 Å². The quantitative estimate of drug-likeness (QED) is 0.395. The molecule has 0 aliphatic carbocycles. The molecule has 0 bridgehead atoms. The Balaban J connectivity index is 1.75. The number of amides is 1. The minimum absolute atomic E-state index is 0.00209. The van der Waals surface area contributed by atoms with Crippen LogP contribution in [0.15, 0.2) is 36.4 Å². The first-order valence-electron chi connectivity index (χ1n) is 10.2. The number of thiazole rings is 1. The summed E-state index contributed by atoms with van der Waals surface area (Å²) in [6, 6.07) is 10.3. The van der Waals surface area contributed by atoms with Gasteiger partial charge in [-0.3, -0.25) is 14.9 Å². The van der Waals surface area contributed by atoms with Crippen LogP contribution in [-0.2, 0) is 0 Å². The van der Waals surface area contributed by atoms with Crippen molar-refractivity contribution in [2.45, 2.75) is 32.2 Å². The van der Waals surface area contributed by atoms with E-state index in [1.54, 1.807) is 23.2 Å². The number of rotatable bonds is 6. The average molecular weight is 442 g/mol. The van der Waals surface area contributed by atoms with Gasteiger partial charge in [-0.05, 0) is 38.3 Å². The molecule has 8 nitrogen and oxygen atoms in total. The number of benzene rings is 2. The molecule has 1 atom stereocenters. The number of carbonyl (C=O) groups excluding carboxylic acids is 1. The van der Waals surface area contributed by atoms with E-state index in [-0.39, 0.29) is 28.9 Å². The van der Waals surface area contributed by atoms with Crippen LogP contribution in [0.25, 0.3) is 10.2 Å². The van der Waals surface area contributed by atoms with Crippen LogP contribution in [0.4, 0.5) is 5.69 Å². The summed E-state index contributed by atoms with van der Waals surface area (Å²) in [5, 5.41) is 12.6. The third-order valence-electron chi connectivity index (χ3n) is 5.37. The Bertz CT molecular complexity index is 1100. The lowest BCUT2D eigenvalue weighted by Crippen LogP contribution is -2.38. The van der Waals surface area contributed by atoms with Crippen molar-refractivity contribution < 1.29 is 19.2 Å². The molecule has 1 unspecified atom stereocenters. The summed E-state index contributed by atoms with van der Waals surface area (Å²) < 4.78 is 11.9. The normalized spacial score (nSPS) is 16.3. The highest BCUT2D eigenvalue weighted by Gasteiger charge is 2.35. The van der Waals surface area contributed by atoms with E-state index in [9.17, 15) is 14.9 Å². The van der Waals surface area contributed by atoms with Crippen molar-refractivity contribution in [3.8, 4) is 11.5 Å². The standard InChI is InChI=1S/C22H23N3O5S/c1-3-30-19-12-14(17(25(27)28)13-18(19)29-2)22(26)24-11-7-6-9-16(24)21-23-15-8-4-5-10-20(15)31-21/h4-5,8,10,12-13,16H,3,6-7,9,11H2,1-2H3. The number of hydrogen-bond donors (Lipinski definition) is 0. The molecule has 162 valence electrons. The predicted octanol–water partition coefficient (Wildman–Crippen LogP) is 4.98. The fourth-order valence-electron chi connectivity index (χ4n) is 3.92. The van der Waals surface area contributed by atoms with Crippen molar-refractivity contribution in [1.82, 2.24) is 9.88 Å². The Morgan fingerprint density at radius 3 is 2.81 bits per heavy atom. The molecule has 1 aliphatic heterocycles. The van der Waals surface area contributed by atoms with Gasteiger partial charge in [0.05, 0.1) is 41.0 Å². The Hall–Kier alpha value is -3.20. The van der Waals surface area contributed by atoms with Crippen LogP contribution in [0, 0.1) is 10.1 Å². The Kier molecular flexibility index (Phi) is 6.03. The monoisotopic (exact) mass is 441 g/mol. The third kappa shape index (κ3) is 4.05. The first-order valence-corrected chi connectivity index (χ1v) is 11.0. The van der Waals surface area contributed by atoms with Crippen molar-refractivity contribution in [1.29, 1.82) is 0 Å². The number of para-hydroxylation sites is 1. The number of aromatic nitrogens is 1. The molecule has 1 aliphatic rings. The minimum atomic E-state index is -0.553. The molecule has 1 fully saturated rings. The zero-order valence-electron chi connectivity index (χ0n) is 17.4. The summed E-state index contributed by atoms with van der Waals surface area (Å²) in [7, 11) is 1.41. The van der Waals surface area contributed by atoms with E-state index >= 15 is 0 Å². The number of nitro benzene ring substituents is 1. The molecule has 0 radical (unpaired) electrons. The second-order valence-corrected chi connectivity index (χ2v) is 8.30. The molecular weight excluding hydrogens is 418 g/mol. The molecule has 0 saturated carbocycles. The molecule has 0 spiro atoms. The van der Waals surface area contributed by atoms with E-state index in [2.05, 4.69) is 0 Å². The lowest BCUT2D eigenvalue weighted by atomic mass is 10.0. The lowest BCUT2D eigenvalue weighted by molar-refractivity contribution is -0.385. The van der Waals surface area contributed by atoms with Crippen molar-refractivity contribution in [3.05, 3.63) is 57.1 Å². The first-order chi connectivity index (χ1) is 15.0. The molecule has 1 amide bonds. The number of nitro groups is 1. The second kappa shape index (κ2) is 8.89. The highest BCUT2D eigenvalue weighted by molar-refractivity contribution is 7.18. The zero-order chi connectivity index (χ0) is 22.0.